The van der Waals surface area contributed by atoms with Crippen molar-refractivity contribution in [3.8, 4) is 23.0 Å². The van der Waals surface area contributed by atoms with E-state index in [1.807, 2.05) is 42.5 Å². The molecule has 0 amide bonds. The normalized spacial score (nSPS) is 12.3. The lowest BCUT2D eigenvalue weighted by Gasteiger charge is -2.08. The van der Waals surface area contributed by atoms with Gasteiger partial charge in [0.25, 0.3) is 0 Å². The van der Waals surface area contributed by atoms with Gasteiger partial charge in [0, 0.05) is 6.07 Å². The predicted octanol–water partition coefficient (Wildman–Crippen LogP) is 3.00. The van der Waals surface area contributed by atoms with Crippen molar-refractivity contribution in [1.29, 1.82) is 0 Å². The lowest BCUT2D eigenvalue weighted by atomic mass is 10.2. The van der Waals surface area contributed by atoms with Crippen molar-refractivity contribution in [2.45, 2.75) is 6.61 Å². The van der Waals surface area contributed by atoms with Crippen LogP contribution < -0.4 is 18.9 Å². The number of hydrogen-bond acceptors (Lipinski definition) is 4. The van der Waals surface area contributed by atoms with Gasteiger partial charge in [-0.05, 0) is 29.8 Å². The quantitative estimate of drug-likeness (QED) is 0.844. The summed E-state index contributed by atoms with van der Waals surface area (Å²) in [6, 6.07) is 13.4. The SMILES string of the molecule is COc1cccc(COc2ccc3c(c2)OCO3)c1. The van der Waals surface area contributed by atoms with Gasteiger partial charge in [0.05, 0.1) is 7.11 Å². The molecule has 4 nitrogen and oxygen atoms in total. The Morgan fingerprint density at radius 3 is 2.79 bits per heavy atom. The summed E-state index contributed by atoms with van der Waals surface area (Å²) in [5, 5.41) is 0. The monoisotopic (exact) mass is 258 g/mol. The van der Waals surface area contributed by atoms with Crippen molar-refractivity contribution in [2.75, 3.05) is 13.9 Å². The first-order valence-corrected chi connectivity index (χ1v) is 6.00. The molecule has 0 radical (unpaired) electrons. The summed E-state index contributed by atoms with van der Waals surface area (Å²) in [6.07, 6.45) is 0. The van der Waals surface area contributed by atoms with E-state index in [4.69, 9.17) is 18.9 Å². The van der Waals surface area contributed by atoms with E-state index in [-0.39, 0.29) is 6.79 Å². The highest BCUT2D eigenvalue weighted by atomic mass is 16.7. The number of hydrogen-bond donors (Lipinski definition) is 0. The second-order valence-corrected chi connectivity index (χ2v) is 4.16. The zero-order valence-corrected chi connectivity index (χ0v) is 10.6. The molecular formula is C15H14O4. The minimum atomic E-state index is 0.272. The molecule has 0 unspecified atom stereocenters. The van der Waals surface area contributed by atoms with Crippen molar-refractivity contribution >= 4 is 0 Å². The lowest BCUT2D eigenvalue weighted by Crippen LogP contribution is -1.96. The molecule has 4 heteroatoms. The van der Waals surface area contributed by atoms with Crippen molar-refractivity contribution in [3.63, 3.8) is 0 Å². The Morgan fingerprint density at radius 2 is 1.89 bits per heavy atom. The molecule has 0 spiro atoms. The zero-order chi connectivity index (χ0) is 13.1. The van der Waals surface area contributed by atoms with Crippen LogP contribution in [0.25, 0.3) is 0 Å². The number of benzene rings is 2. The second-order valence-electron chi connectivity index (χ2n) is 4.16. The van der Waals surface area contributed by atoms with E-state index in [0.717, 1.165) is 28.6 Å². The van der Waals surface area contributed by atoms with Crippen LogP contribution in [0.3, 0.4) is 0 Å². The smallest absolute Gasteiger partial charge is 0.231 e. The van der Waals surface area contributed by atoms with E-state index in [0.29, 0.717) is 6.61 Å². The van der Waals surface area contributed by atoms with Gasteiger partial charge in [-0.1, -0.05) is 12.1 Å². The van der Waals surface area contributed by atoms with Gasteiger partial charge in [-0.15, -0.1) is 0 Å². The molecule has 1 heterocycles. The van der Waals surface area contributed by atoms with Crippen molar-refractivity contribution in [3.05, 3.63) is 48.0 Å². The van der Waals surface area contributed by atoms with Gasteiger partial charge < -0.3 is 18.9 Å². The van der Waals surface area contributed by atoms with Crippen molar-refractivity contribution in [1.82, 2.24) is 0 Å². The molecule has 2 aromatic rings. The summed E-state index contributed by atoms with van der Waals surface area (Å²) in [7, 11) is 1.65. The molecular weight excluding hydrogens is 244 g/mol. The van der Waals surface area contributed by atoms with E-state index >= 15 is 0 Å². The molecule has 0 fully saturated rings. The Balaban J connectivity index is 1.68. The molecule has 19 heavy (non-hydrogen) atoms. The third-order valence-electron chi connectivity index (χ3n) is 2.88. The standard InChI is InChI=1S/C15H14O4/c1-16-12-4-2-3-11(7-12)9-17-13-5-6-14-15(8-13)19-10-18-14/h2-8H,9-10H2,1H3. The van der Waals surface area contributed by atoms with Gasteiger partial charge in [0.2, 0.25) is 6.79 Å². The Kier molecular flexibility index (Phi) is 3.14. The Labute approximate surface area is 111 Å². The van der Waals surface area contributed by atoms with Gasteiger partial charge in [0.15, 0.2) is 11.5 Å². The van der Waals surface area contributed by atoms with Gasteiger partial charge in [-0.25, -0.2) is 0 Å². The summed E-state index contributed by atoms with van der Waals surface area (Å²) < 4.78 is 21.5. The van der Waals surface area contributed by atoms with Crippen LogP contribution >= 0.6 is 0 Å². The molecule has 0 saturated carbocycles. The molecule has 0 saturated heterocycles. The van der Waals surface area contributed by atoms with Gasteiger partial charge in [0.1, 0.15) is 18.1 Å². The maximum Gasteiger partial charge on any atom is 0.231 e. The van der Waals surface area contributed by atoms with Gasteiger partial charge in [-0.2, -0.15) is 0 Å². The first-order chi connectivity index (χ1) is 9.35. The number of ether oxygens (including phenoxy) is 4. The molecule has 3 rings (SSSR count). The first kappa shape index (κ1) is 11.7. The van der Waals surface area contributed by atoms with Crippen LogP contribution in [-0.2, 0) is 6.61 Å². The van der Waals surface area contributed by atoms with E-state index in [1.165, 1.54) is 0 Å². The molecule has 0 N–H and O–H groups in total. The maximum atomic E-state index is 5.73. The Morgan fingerprint density at radius 1 is 1.00 bits per heavy atom. The third-order valence-corrected chi connectivity index (χ3v) is 2.88. The topological polar surface area (TPSA) is 36.9 Å². The Bertz CT molecular complexity index is 580. The molecule has 1 aliphatic rings. The molecule has 98 valence electrons. The first-order valence-electron chi connectivity index (χ1n) is 6.00. The largest absolute Gasteiger partial charge is 0.497 e. The van der Waals surface area contributed by atoms with Crippen LogP contribution in [-0.4, -0.2) is 13.9 Å². The van der Waals surface area contributed by atoms with Gasteiger partial charge >= 0.3 is 0 Å². The fourth-order valence-electron chi connectivity index (χ4n) is 1.90. The average molecular weight is 258 g/mol. The van der Waals surface area contributed by atoms with Crippen LogP contribution in [0.2, 0.25) is 0 Å². The molecule has 0 bridgehead atoms. The minimum absolute atomic E-state index is 0.272. The number of methoxy groups -OCH3 is 1. The molecule has 2 aromatic carbocycles. The molecule has 0 atom stereocenters. The highest BCUT2D eigenvalue weighted by Gasteiger charge is 2.13. The zero-order valence-electron chi connectivity index (χ0n) is 10.6. The molecule has 0 aromatic heterocycles. The summed E-state index contributed by atoms with van der Waals surface area (Å²) in [5.41, 5.74) is 1.05. The minimum Gasteiger partial charge on any atom is -0.497 e. The van der Waals surface area contributed by atoms with Crippen molar-refractivity contribution < 1.29 is 18.9 Å². The van der Waals surface area contributed by atoms with E-state index in [2.05, 4.69) is 0 Å². The van der Waals surface area contributed by atoms with Crippen LogP contribution in [0, 0.1) is 0 Å². The highest BCUT2D eigenvalue weighted by molar-refractivity contribution is 5.46. The maximum absolute atomic E-state index is 5.73. The van der Waals surface area contributed by atoms with E-state index in [9.17, 15) is 0 Å². The van der Waals surface area contributed by atoms with Crippen LogP contribution in [0.5, 0.6) is 23.0 Å². The van der Waals surface area contributed by atoms with Crippen LogP contribution in [0.1, 0.15) is 5.56 Å². The molecule has 1 aliphatic heterocycles. The van der Waals surface area contributed by atoms with E-state index < -0.39 is 0 Å². The summed E-state index contributed by atoms with van der Waals surface area (Å²) >= 11 is 0. The lowest BCUT2D eigenvalue weighted by molar-refractivity contribution is 0.173. The molecule has 0 aliphatic carbocycles. The predicted molar refractivity (Wildman–Crippen MR) is 69.9 cm³/mol. The van der Waals surface area contributed by atoms with Crippen LogP contribution in [0.4, 0.5) is 0 Å². The second kappa shape index (κ2) is 5.10. The fraction of sp³-hybridized carbons (Fsp3) is 0.200. The number of rotatable bonds is 4. The van der Waals surface area contributed by atoms with Crippen LogP contribution in [0.15, 0.2) is 42.5 Å². The summed E-state index contributed by atoms with van der Waals surface area (Å²) in [6.45, 7) is 0.755. The van der Waals surface area contributed by atoms with Gasteiger partial charge in [-0.3, -0.25) is 0 Å². The third kappa shape index (κ3) is 2.57. The highest BCUT2D eigenvalue weighted by Crippen LogP contribution is 2.35. The van der Waals surface area contributed by atoms with Crippen molar-refractivity contribution in [2.24, 2.45) is 0 Å². The summed E-state index contributed by atoms with van der Waals surface area (Å²) in [5.74, 6) is 3.07. The summed E-state index contributed by atoms with van der Waals surface area (Å²) in [4.78, 5) is 0. The van der Waals surface area contributed by atoms with E-state index in [1.54, 1.807) is 7.11 Å². The Hall–Kier alpha value is -2.36. The fourth-order valence-corrected chi connectivity index (χ4v) is 1.90. The number of fused-ring (bicyclic) bond motifs is 1. The average Bonchev–Trinajstić information content (AvgIpc) is 2.93.